The quantitative estimate of drug-likeness (QED) is 0.199. The highest BCUT2D eigenvalue weighted by Gasteiger charge is 2.24. The van der Waals surface area contributed by atoms with Gasteiger partial charge in [-0.3, -0.25) is 0 Å². The Morgan fingerprint density at radius 1 is 0.357 bits per heavy atom. The van der Waals surface area contributed by atoms with Crippen LogP contribution < -0.4 is 0 Å². The number of rotatable bonds is 3. The third-order valence-electron chi connectivity index (χ3n) is 8.47. The zero-order valence-electron chi connectivity index (χ0n) is 22.7. The lowest BCUT2D eigenvalue weighted by molar-refractivity contribution is 0.634. The standard InChI is InChI=1S/C40H24OS/c1-3-13-25(14-4-1)37-28-18-7-9-20-30(28)39(31-21-10-8-19-29(31)37)40-38(26-15-5-2-6-16-26)33-24-36-32(23-34(33)41-40)27-17-11-12-22-35(27)42-36/h1-24H. The van der Waals surface area contributed by atoms with Crippen LogP contribution in [0.15, 0.2) is 150 Å². The summed E-state index contributed by atoms with van der Waals surface area (Å²) in [5, 5.41) is 8.51. The maximum Gasteiger partial charge on any atom is 0.144 e. The van der Waals surface area contributed by atoms with E-state index in [4.69, 9.17) is 4.42 Å². The van der Waals surface area contributed by atoms with E-state index >= 15 is 0 Å². The molecule has 0 bridgehead atoms. The second-order valence-electron chi connectivity index (χ2n) is 10.8. The van der Waals surface area contributed by atoms with Gasteiger partial charge < -0.3 is 4.42 Å². The van der Waals surface area contributed by atoms with Crippen LogP contribution in [0, 0.1) is 0 Å². The van der Waals surface area contributed by atoms with Gasteiger partial charge in [0.25, 0.3) is 0 Å². The normalized spacial score (nSPS) is 11.8. The summed E-state index contributed by atoms with van der Waals surface area (Å²) >= 11 is 1.85. The van der Waals surface area contributed by atoms with Gasteiger partial charge in [-0.1, -0.05) is 127 Å². The molecule has 2 aromatic heterocycles. The predicted octanol–water partition coefficient (Wildman–Crippen LogP) is 12.1. The molecular weight excluding hydrogens is 529 g/mol. The lowest BCUT2D eigenvalue weighted by Crippen LogP contribution is -1.91. The summed E-state index contributed by atoms with van der Waals surface area (Å²) in [7, 11) is 0. The molecule has 9 aromatic rings. The molecule has 0 aliphatic carbocycles. The molecular formula is C40H24OS. The van der Waals surface area contributed by atoms with E-state index < -0.39 is 0 Å². The molecule has 0 saturated heterocycles. The fourth-order valence-electron chi connectivity index (χ4n) is 6.67. The molecule has 2 heterocycles. The maximum atomic E-state index is 7.03. The number of furan rings is 1. The summed E-state index contributed by atoms with van der Waals surface area (Å²) in [6.07, 6.45) is 0. The van der Waals surface area contributed by atoms with Crippen molar-refractivity contribution in [3.8, 4) is 33.6 Å². The predicted molar refractivity (Wildman–Crippen MR) is 180 cm³/mol. The van der Waals surface area contributed by atoms with Crippen LogP contribution in [0.5, 0.6) is 0 Å². The van der Waals surface area contributed by atoms with Crippen molar-refractivity contribution in [2.24, 2.45) is 0 Å². The van der Waals surface area contributed by atoms with Gasteiger partial charge in [0.2, 0.25) is 0 Å². The van der Waals surface area contributed by atoms with Crippen molar-refractivity contribution >= 4 is 64.0 Å². The van der Waals surface area contributed by atoms with Gasteiger partial charge in [-0.15, -0.1) is 11.3 Å². The maximum absolute atomic E-state index is 7.03. The fraction of sp³-hybridized carbons (Fsp3) is 0. The van der Waals surface area contributed by atoms with Gasteiger partial charge in [0, 0.05) is 36.7 Å². The van der Waals surface area contributed by atoms with Crippen LogP contribution in [0.2, 0.25) is 0 Å². The lowest BCUT2D eigenvalue weighted by atomic mass is 9.86. The molecule has 0 N–H and O–H groups in total. The van der Waals surface area contributed by atoms with Crippen molar-refractivity contribution in [1.29, 1.82) is 0 Å². The number of fused-ring (bicyclic) bond motifs is 6. The van der Waals surface area contributed by atoms with E-state index in [1.165, 1.54) is 52.8 Å². The van der Waals surface area contributed by atoms with Gasteiger partial charge in [0.1, 0.15) is 11.3 Å². The Morgan fingerprint density at radius 3 is 1.48 bits per heavy atom. The Hall–Kier alpha value is -5.18. The first-order chi connectivity index (χ1) is 20.8. The Bertz CT molecular complexity index is 2390. The summed E-state index contributed by atoms with van der Waals surface area (Å²) < 4.78 is 9.61. The molecule has 0 fully saturated rings. The molecule has 0 saturated carbocycles. The Morgan fingerprint density at radius 2 is 0.857 bits per heavy atom. The van der Waals surface area contributed by atoms with Crippen molar-refractivity contribution in [3.63, 3.8) is 0 Å². The Kier molecular flexibility index (Phi) is 5.13. The molecule has 0 spiro atoms. The van der Waals surface area contributed by atoms with E-state index in [2.05, 4.69) is 146 Å². The smallest absolute Gasteiger partial charge is 0.144 e. The first-order valence-corrected chi connectivity index (χ1v) is 15.1. The first-order valence-electron chi connectivity index (χ1n) is 14.3. The number of hydrogen-bond donors (Lipinski definition) is 0. The van der Waals surface area contributed by atoms with Gasteiger partial charge in [-0.05, 0) is 56.4 Å². The molecule has 196 valence electrons. The molecule has 0 aliphatic heterocycles. The molecule has 1 nitrogen and oxygen atoms in total. The second kappa shape index (κ2) is 9.17. The fourth-order valence-corrected chi connectivity index (χ4v) is 7.80. The molecule has 42 heavy (non-hydrogen) atoms. The molecule has 2 heteroatoms. The van der Waals surface area contributed by atoms with E-state index in [1.54, 1.807) is 0 Å². The largest absolute Gasteiger partial charge is 0.455 e. The highest BCUT2D eigenvalue weighted by atomic mass is 32.1. The van der Waals surface area contributed by atoms with Crippen LogP contribution >= 0.6 is 11.3 Å². The van der Waals surface area contributed by atoms with E-state index in [0.29, 0.717) is 0 Å². The van der Waals surface area contributed by atoms with Crippen molar-refractivity contribution in [2.75, 3.05) is 0 Å². The van der Waals surface area contributed by atoms with E-state index in [0.717, 1.165) is 33.4 Å². The number of hydrogen-bond acceptors (Lipinski definition) is 2. The Balaban J connectivity index is 1.46. The summed E-state index contributed by atoms with van der Waals surface area (Å²) in [5.41, 5.74) is 6.84. The van der Waals surface area contributed by atoms with E-state index in [-0.39, 0.29) is 0 Å². The highest BCUT2D eigenvalue weighted by Crippen LogP contribution is 2.50. The molecule has 0 unspecified atom stereocenters. The minimum absolute atomic E-state index is 0.917. The van der Waals surface area contributed by atoms with Crippen LogP contribution in [0.4, 0.5) is 0 Å². The SMILES string of the molecule is c1ccc(-c2c(-c3c4ccccc4c(-c4ccccc4)c4ccccc34)oc3cc4c(cc23)sc2ccccc24)cc1. The zero-order valence-corrected chi connectivity index (χ0v) is 23.5. The van der Waals surface area contributed by atoms with Crippen LogP contribution in [0.1, 0.15) is 0 Å². The zero-order chi connectivity index (χ0) is 27.6. The molecule has 7 aromatic carbocycles. The van der Waals surface area contributed by atoms with Crippen molar-refractivity contribution in [2.45, 2.75) is 0 Å². The van der Waals surface area contributed by atoms with Crippen LogP contribution in [-0.4, -0.2) is 0 Å². The van der Waals surface area contributed by atoms with Gasteiger partial charge in [-0.2, -0.15) is 0 Å². The van der Waals surface area contributed by atoms with E-state index in [9.17, 15) is 0 Å². The van der Waals surface area contributed by atoms with Crippen LogP contribution in [-0.2, 0) is 0 Å². The molecule has 0 aliphatic rings. The topological polar surface area (TPSA) is 13.1 Å². The summed E-state index contributed by atoms with van der Waals surface area (Å²) in [6.45, 7) is 0. The minimum atomic E-state index is 0.917. The third kappa shape index (κ3) is 3.43. The van der Waals surface area contributed by atoms with Gasteiger partial charge in [0.15, 0.2) is 0 Å². The van der Waals surface area contributed by atoms with Gasteiger partial charge in [0.05, 0.1) is 0 Å². The third-order valence-corrected chi connectivity index (χ3v) is 9.60. The molecule has 0 radical (unpaired) electrons. The summed E-state index contributed by atoms with van der Waals surface area (Å²) in [6, 6.07) is 52.3. The highest BCUT2D eigenvalue weighted by molar-refractivity contribution is 7.25. The second-order valence-corrected chi connectivity index (χ2v) is 11.9. The number of benzene rings is 7. The number of thiophene rings is 1. The van der Waals surface area contributed by atoms with Gasteiger partial charge in [-0.25, -0.2) is 0 Å². The van der Waals surface area contributed by atoms with Crippen molar-refractivity contribution in [3.05, 3.63) is 146 Å². The average Bonchev–Trinajstić information content (AvgIpc) is 3.60. The van der Waals surface area contributed by atoms with Crippen molar-refractivity contribution in [1.82, 2.24) is 0 Å². The van der Waals surface area contributed by atoms with E-state index in [1.807, 2.05) is 11.3 Å². The first kappa shape index (κ1) is 23.5. The summed E-state index contributed by atoms with van der Waals surface area (Å²) in [5.74, 6) is 0.921. The molecule has 9 rings (SSSR count). The molecule has 0 atom stereocenters. The lowest BCUT2D eigenvalue weighted by Gasteiger charge is -2.17. The van der Waals surface area contributed by atoms with Gasteiger partial charge >= 0.3 is 0 Å². The average molecular weight is 553 g/mol. The summed E-state index contributed by atoms with van der Waals surface area (Å²) in [4.78, 5) is 0. The Labute approximate surface area is 246 Å². The van der Waals surface area contributed by atoms with Crippen molar-refractivity contribution < 1.29 is 4.42 Å². The minimum Gasteiger partial charge on any atom is -0.455 e. The molecule has 0 amide bonds. The van der Waals surface area contributed by atoms with Crippen LogP contribution in [0.3, 0.4) is 0 Å². The monoisotopic (exact) mass is 552 g/mol. The van der Waals surface area contributed by atoms with Crippen LogP contribution in [0.25, 0.3) is 86.3 Å².